The van der Waals surface area contributed by atoms with Crippen molar-refractivity contribution in [3.63, 3.8) is 0 Å². The zero-order valence-corrected chi connectivity index (χ0v) is 10.8. The summed E-state index contributed by atoms with van der Waals surface area (Å²) in [4.78, 5) is 21.9. The van der Waals surface area contributed by atoms with E-state index in [1.165, 1.54) is 6.92 Å². The van der Waals surface area contributed by atoms with Crippen LogP contribution in [0.1, 0.15) is 12.5 Å². The van der Waals surface area contributed by atoms with Crippen LogP contribution in [-0.4, -0.2) is 29.6 Å². The predicted octanol–water partition coefficient (Wildman–Crippen LogP) is 1.38. The summed E-state index contributed by atoms with van der Waals surface area (Å²) in [5.74, 6) is -0.939. The maximum atomic E-state index is 11.0. The Hall–Kier alpha value is -2.30. The third-order valence-electron chi connectivity index (χ3n) is 2.42. The Labute approximate surface area is 111 Å². The van der Waals surface area contributed by atoms with Crippen LogP contribution in [0.5, 0.6) is 5.75 Å². The third kappa shape index (κ3) is 4.83. The molecule has 1 unspecified atom stereocenters. The van der Waals surface area contributed by atoms with E-state index in [9.17, 15) is 9.59 Å². The average molecular weight is 263 g/mol. The van der Waals surface area contributed by atoms with E-state index in [0.717, 1.165) is 5.56 Å². The molecular formula is C14H17NO4. The van der Waals surface area contributed by atoms with Crippen LogP contribution in [-0.2, 0) is 16.0 Å². The minimum absolute atomic E-state index is 0.122. The SMILES string of the molecule is C=CCc1ccccc1OCC(NC(C)=O)C(=O)O. The van der Waals surface area contributed by atoms with Gasteiger partial charge in [-0.2, -0.15) is 0 Å². The van der Waals surface area contributed by atoms with E-state index < -0.39 is 17.9 Å². The van der Waals surface area contributed by atoms with Gasteiger partial charge in [-0.25, -0.2) is 4.79 Å². The summed E-state index contributed by atoms with van der Waals surface area (Å²) in [5, 5.41) is 11.3. The lowest BCUT2D eigenvalue weighted by molar-refractivity contribution is -0.142. The van der Waals surface area contributed by atoms with Crippen molar-refractivity contribution in [3.8, 4) is 5.75 Å². The Bertz CT molecular complexity index is 470. The first-order valence-electron chi connectivity index (χ1n) is 5.86. The van der Waals surface area contributed by atoms with Crippen molar-refractivity contribution in [1.82, 2.24) is 5.32 Å². The van der Waals surface area contributed by atoms with Gasteiger partial charge in [0.1, 0.15) is 12.4 Å². The van der Waals surface area contributed by atoms with E-state index in [4.69, 9.17) is 9.84 Å². The molecule has 5 heteroatoms. The molecule has 1 aromatic carbocycles. The molecular weight excluding hydrogens is 246 g/mol. The Kier molecular flexibility index (Phi) is 5.60. The first-order valence-corrected chi connectivity index (χ1v) is 5.86. The molecule has 0 saturated carbocycles. The lowest BCUT2D eigenvalue weighted by Gasteiger charge is -2.16. The summed E-state index contributed by atoms with van der Waals surface area (Å²) >= 11 is 0. The number of ether oxygens (including phenoxy) is 1. The predicted molar refractivity (Wildman–Crippen MR) is 71.1 cm³/mol. The monoisotopic (exact) mass is 263 g/mol. The molecule has 5 nitrogen and oxygen atoms in total. The molecule has 0 spiro atoms. The molecule has 0 bridgehead atoms. The van der Waals surface area contributed by atoms with Crippen molar-refractivity contribution >= 4 is 11.9 Å². The number of carbonyl (C=O) groups is 2. The second-order valence-corrected chi connectivity index (χ2v) is 4.00. The molecule has 1 atom stereocenters. The first kappa shape index (κ1) is 14.8. The highest BCUT2D eigenvalue weighted by atomic mass is 16.5. The van der Waals surface area contributed by atoms with Crippen molar-refractivity contribution in [2.45, 2.75) is 19.4 Å². The molecule has 0 aliphatic carbocycles. The number of carboxylic acid groups (broad SMARTS) is 1. The molecule has 1 aromatic rings. The number of carbonyl (C=O) groups excluding carboxylic acids is 1. The van der Waals surface area contributed by atoms with Gasteiger partial charge in [-0.1, -0.05) is 24.3 Å². The Morgan fingerprint density at radius 1 is 1.47 bits per heavy atom. The molecule has 0 heterocycles. The average Bonchev–Trinajstić information content (AvgIpc) is 2.35. The minimum Gasteiger partial charge on any atom is -0.491 e. The van der Waals surface area contributed by atoms with E-state index in [2.05, 4.69) is 11.9 Å². The number of aliphatic carboxylic acids is 1. The van der Waals surface area contributed by atoms with Crippen LogP contribution in [0.4, 0.5) is 0 Å². The van der Waals surface area contributed by atoms with Gasteiger partial charge in [0, 0.05) is 6.92 Å². The zero-order chi connectivity index (χ0) is 14.3. The highest BCUT2D eigenvalue weighted by Crippen LogP contribution is 2.18. The molecule has 0 aliphatic rings. The summed E-state index contributed by atoms with van der Waals surface area (Å²) in [5.41, 5.74) is 0.921. The normalized spacial score (nSPS) is 11.4. The fraction of sp³-hybridized carbons (Fsp3) is 0.286. The zero-order valence-electron chi connectivity index (χ0n) is 10.8. The Morgan fingerprint density at radius 2 is 2.16 bits per heavy atom. The number of allylic oxidation sites excluding steroid dienone is 1. The van der Waals surface area contributed by atoms with Crippen LogP contribution in [0, 0.1) is 0 Å². The van der Waals surface area contributed by atoms with Gasteiger partial charge in [0.15, 0.2) is 6.04 Å². The molecule has 1 amide bonds. The minimum atomic E-state index is -1.13. The van der Waals surface area contributed by atoms with E-state index in [1.54, 1.807) is 18.2 Å². The molecule has 19 heavy (non-hydrogen) atoms. The fourth-order valence-electron chi connectivity index (χ4n) is 1.56. The fourth-order valence-corrected chi connectivity index (χ4v) is 1.56. The first-order chi connectivity index (χ1) is 9.04. The number of amides is 1. The van der Waals surface area contributed by atoms with Gasteiger partial charge in [-0.15, -0.1) is 6.58 Å². The molecule has 0 saturated heterocycles. The summed E-state index contributed by atoms with van der Waals surface area (Å²) in [6.07, 6.45) is 2.37. The molecule has 0 radical (unpaired) electrons. The number of hydrogen-bond donors (Lipinski definition) is 2. The quantitative estimate of drug-likeness (QED) is 0.729. The number of rotatable bonds is 7. The van der Waals surface area contributed by atoms with Gasteiger partial charge >= 0.3 is 5.97 Å². The number of benzene rings is 1. The van der Waals surface area contributed by atoms with Crippen LogP contribution in [0.15, 0.2) is 36.9 Å². The lowest BCUT2D eigenvalue weighted by Crippen LogP contribution is -2.43. The smallest absolute Gasteiger partial charge is 0.329 e. The summed E-state index contributed by atoms with van der Waals surface area (Å²) in [6, 6.07) is 6.25. The molecule has 0 aromatic heterocycles. The molecule has 2 N–H and O–H groups in total. The van der Waals surface area contributed by atoms with Gasteiger partial charge in [0.25, 0.3) is 0 Å². The van der Waals surface area contributed by atoms with Crippen LogP contribution >= 0.6 is 0 Å². The highest BCUT2D eigenvalue weighted by Gasteiger charge is 2.19. The van der Waals surface area contributed by atoms with Crippen LogP contribution in [0.2, 0.25) is 0 Å². The number of carboxylic acids is 1. The van der Waals surface area contributed by atoms with Gasteiger partial charge in [-0.3, -0.25) is 4.79 Å². The summed E-state index contributed by atoms with van der Waals surface area (Å²) in [6.45, 7) is 4.80. The maximum Gasteiger partial charge on any atom is 0.329 e. The largest absolute Gasteiger partial charge is 0.491 e. The number of nitrogens with one attached hydrogen (secondary N) is 1. The van der Waals surface area contributed by atoms with E-state index in [1.807, 2.05) is 12.1 Å². The van der Waals surface area contributed by atoms with E-state index in [0.29, 0.717) is 12.2 Å². The second kappa shape index (κ2) is 7.20. The van der Waals surface area contributed by atoms with Gasteiger partial charge < -0.3 is 15.2 Å². The lowest BCUT2D eigenvalue weighted by atomic mass is 10.1. The molecule has 0 fully saturated rings. The van der Waals surface area contributed by atoms with Crippen molar-refractivity contribution < 1.29 is 19.4 Å². The summed E-state index contributed by atoms with van der Waals surface area (Å²) in [7, 11) is 0. The van der Waals surface area contributed by atoms with Crippen molar-refractivity contribution in [1.29, 1.82) is 0 Å². The highest BCUT2D eigenvalue weighted by molar-refractivity contribution is 5.82. The molecule has 0 aliphatic heterocycles. The van der Waals surface area contributed by atoms with Gasteiger partial charge in [0.05, 0.1) is 0 Å². The maximum absolute atomic E-state index is 11.0. The van der Waals surface area contributed by atoms with E-state index >= 15 is 0 Å². The van der Waals surface area contributed by atoms with Gasteiger partial charge in [0.2, 0.25) is 5.91 Å². The van der Waals surface area contributed by atoms with Crippen LogP contribution in [0.3, 0.4) is 0 Å². The number of hydrogen-bond acceptors (Lipinski definition) is 3. The molecule has 102 valence electrons. The topological polar surface area (TPSA) is 75.6 Å². The van der Waals surface area contributed by atoms with E-state index in [-0.39, 0.29) is 6.61 Å². The summed E-state index contributed by atoms with van der Waals surface area (Å²) < 4.78 is 5.47. The third-order valence-corrected chi connectivity index (χ3v) is 2.42. The van der Waals surface area contributed by atoms with Crippen molar-refractivity contribution in [2.75, 3.05) is 6.61 Å². The van der Waals surface area contributed by atoms with Crippen LogP contribution in [0.25, 0.3) is 0 Å². The van der Waals surface area contributed by atoms with Crippen molar-refractivity contribution in [2.24, 2.45) is 0 Å². The Morgan fingerprint density at radius 3 is 2.74 bits per heavy atom. The Balaban J connectivity index is 2.70. The second-order valence-electron chi connectivity index (χ2n) is 4.00. The van der Waals surface area contributed by atoms with Crippen LogP contribution < -0.4 is 10.1 Å². The number of para-hydroxylation sites is 1. The van der Waals surface area contributed by atoms with Gasteiger partial charge in [-0.05, 0) is 18.1 Å². The molecule has 1 rings (SSSR count). The van der Waals surface area contributed by atoms with Crippen molar-refractivity contribution in [3.05, 3.63) is 42.5 Å². The standard InChI is InChI=1S/C14H17NO4/c1-3-6-11-7-4-5-8-13(11)19-9-12(14(17)18)15-10(2)16/h3-5,7-8,12H,1,6,9H2,2H3,(H,15,16)(H,17,18).